The smallest absolute Gasteiger partial charge is 0.450 e. The number of ether oxygens (including phenoxy) is 2. The molecule has 3 amide bonds. The first-order chi connectivity index (χ1) is 14.3. The molecule has 30 heavy (non-hydrogen) atoms. The maximum atomic E-state index is 12.0. The molecule has 2 aromatic rings. The van der Waals surface area contributed by atoms with Crippen molar-refractivity contribution >= 4 is 46.9 Å². The van der Waals surface area contributed by atoms with E-state index < -0.39 is 18.5 Å². The van der Waals surface area contributed by atoms with Crippen LogP contribution in [-0.4, -0.2) is 41.2 Å². The Hall–Kier alpha value is -3.86. The molecule has 3 rings (SSSR count). The summed E-state index contributed by atoms with van der Waals surface area (Å²) < 4.78 is 9.28. The summed E-state index contributed by atoms with van der Waals surface area (Å²) in [5.74, 6) is 0. The number of amides is 3. The first-order valence-electron chi connectivity index (χ1n) is 8.73. The maximum Gasteiger partial charge on any atom is 0.508 e. The Labute approximate surface area is 176 Å². The molecule has 1 heterocycles. The van der Waals surface area contributed by atoms with Gasteiger partial charge < -0.3 is 30.9 Å². The molecule has 0 radical (unpaired) electrons. The quantitative estimate of drug-likeness (QED) is 0.404. The van der Waals surface area contributed by atoms with Crippen LogP contribution in [0.15, 0.2) is 48.5 Å². The number of nitrogens with two attached hydrogens (primary N) is 1. The molecule has 0 bridgehead atoms. The van der Waals surface area contributed by atoms with Crippen molar-refractivity contribution in [1.29, 1.82) is 0 Å². The van der Waals surface area contributed by atoms with Crippen molar-refractivity contribution in [3.05, 3.63) is 59.7 Å². The second-order valence-corrected chi connectivity index (χ2v) is 6.66. The Morgan fingerprint density at radius 3 is 2.47 bits per heavy atom. The number of rotatable bonds is 6. The van der Waals surface area contributed by atoms with Crippen molar-refractivity contribution in [1.82, 2.24) is 5.32 Å². The largest absolute Gasteiger partial charge is 0.508 e. The summed E-state index contributed by atoms with van der Waals surface area (Å²) in [5, 5.41) is 14.0. The van der Waals surface area contributed by atoms with Crippen molar-refractivity contribution in [2.24, 2.45) is 5.73 Å². The van der Waals surface area contributed by atoms with E-state index in [1.165, 1.54) is 4.90 Å². The first-order valence-corrected chi connectivity index (χ1v) is 9.14. The normalized spacial score (nSPS) is 15.3. The summed E-state index contributed by atoms with van der Waals surface area (Å²) in [6.45, 7) is 0.213. The third-order valence-electron chi connectivity index (χ3n) is 4.14. The predicted octanol–water partition coefficient (Wildman–Crippen LogP) is 2.62. The minimum absolute atomic E-state index is 0.0429. The second kappa shape index (κ2) is 9.09. The summed E-state index contributed by atoms with van der Waals surface area (Å²) in [7, 11) is 0. The molecule has 1 saturated heterocycles. The molecule has 2 aromatic carbocycles. The van der Waals surface area contributed by atoms with E-state index in [1.54, 1.807) is 48.5 Å². The molecular formula is C19H18N4O6S. The zero-order valence-corrected chi connectivity index (χ0v) is 16.3. The average molecular weight is 430 g/mol. The van der Waals surface area contributed by atoms with Crippen LogP contribution in [0.3, 0.4) is 0 Å². The van der Waals surface area contributed by atoms with Crippen molar-refractivity contribution < 1.29 is 29.0 Å². The molecule has 0 aromatic heterocycles. The Morgan fingerprint density at radius 1 is 1.20 bits per heavy atom. The van der Waals surface area contributed by atoms with Crippen LogP contribution in [0.2, 0.25) is 0 Å². The van der Waals surface area contributed by atoms with Gasteiger partial charge in [0.1, 0.15) is 11.5 Å². The molecule has 0 spiro atoms. The number of carboxylic acid groups (broad SMARTS) is 1. The van der Waals surface area contributed by atoms with Gasteiger partial charge in [0.25, 0.3) is 6.29 Å². The number of hydrogen-bond donors (Lipinski definition) is 4. The minimum atomic E-state index is -1.52. The summed E-state index contributed by atoms with van der Waals surface area (Å²) in [5.41, 5.74) is 8.14. The van der Waals surface area contributed by atoms with Crippen molar-refractivity contribution in [3.63, 3.8) is 0 Å². The highest BCUT2D eigenvalue weighted by Crippen LogP contribution is 2.22. The zero-order valence-electron chi connectivity index (χ0n) is 15.5. The van der Waals surface area contributed by atoms with Crippen LogP contribution in [-0.2, 0) is 16.0 Å². The van der Waals surface area contributed by atoms with Crippen LogP contribution >= 0.6 is 12.2 Å². The van der Waals surface area contributed by atoms with Crippen LogP contribution in [0.4, 0.5) is 25.8 Å². The number of nitrogens with one attached hydrogen (secondary N) is 2. The highest BCUT2D eigenvalue weighted by atomic mass is 32.1. The lowest BCUT2D eigenvalue weighted by atomic mass is 10.2. The molecule has 1 atom stereocenters. The van der Waals surface area contributed by atoms with Gasteiger partial charge in [-0.2, -0.15) is 0 Å². The van der Waals surface area contributed by atoms with Gasteiger partial charge in [-0.3, -0.25) is 4.90 Å². The number of carbonyl (C=O) groups excluding carboxylic acids is 2. The Balaban J connectivity index is 1.51. The number of benzene rings is 2. The lowest BCUT2D eigenvalue weighted by molar-refractivity contribution is -0.0491. The van der Waals surface area contributed by atoms with Crippen LogP contribution in [0.25, 0.3) is 0 Å². The standard InChI is InChI=1S/C19H18N4O6S/c20-16(30)12-3-5-13(6-4-12)22-17(24)21-9-11-1-7-14(8-2-11)23-10-15(28-18(23)25)29-19(26)27/h1-8,15H,9-10H2,(H2,20,30)(H,26,27)(H2,21,22,24). The number of carbonyl (C=O) groups is 3. The molecule has 156 valence electrons. The van der Waals surface area contributed by atoms with Gasteiger partial charge in [0.15, 0.2) is 0 Å². The number of anilines is 2. The summed E-state index contributed by atoms with van der Waals surface area (Å²) in [4.78, 5) is 36.0. The van der Waals surface area contributed by atoms with Crippen LogP contribution in [0, 0.1) is 0 Å². The molecule has 0 saturated carbocycles. The monoisotopic (exact) mass is 430 g/mol. The molecule has 1 aliphatic heterocycles. The molecule has 5 N–H and O–H groups in total. The highest BCUT2D eigenvalue weighted by molar-refractivity contribution is 7.80. The van der Waals surface area contributed by atoms with E-state index in [-0.39, 0.29) is 24.1 Å². The Morgan fingerprint density at radius 2 is 1.87 bits per heavy atom. The Bertz CT molecular complexity index is 964. The SMILES string of the molecule is NC(=S)c1ccc(NC(=O)NCc2ccc(N3CC(OC(=O)O)OC3=O)cc2)cc1. The van der Waals surface area contributed by atoms with Crippen LogP contribution in [0.5, 0.6) is 0 Å². The van der Waals surface area contributed by atoms with E-state index in [9.17, 15) is 14.4 Å². The first kappa shape index (κ1) is 20.9. The van der Waals surface area contributed by atoms with E-state index >= 15 is 0 Å². The van der Waals surface area contributed by atoms with Crippen molar-refractivity contribution in [3.8, 4) is 0 Å². The number of nitrogens with zero attached hydrogens (tertiary/aromatic N) is 1. The van der Waals surface area contributed by atoms with E-state index in [0.29, 0.717) is 16.9 Å². The fourth-order valence-corrected chi connectivity index (χ4v) is 2.83. The fourth-order valence-electron chi connectivity index (χ4n) is 2.69. The van der Waals surface area contributed by atoms with Gasteiger partial charge in [-0.05, 0) is 42.0 Å². The number of cyclic esters (lactones) is 1. The molecule has 1 fully saturated rings. The third-order valence-corrected chi connectivity index (χ3v) is 4.38. The minimum Gasteiger partial charge on any atom is -0.450 e. The molecule has 0 aliphatic carbocycles. The lowest BCUT2D eigenvalue weighted by Gasteiger charge is -2.13. The van der Waals surface area contributed by atoms with E-state index in [1.807, 2.05) is 0 Å². The number of urea groups is 1. The van der Waals surface area contributed by atoms with E-state index in [4.69, 9.17) is 27.8 Å². The second-order valence-electron chi connectivity index (χ2n) is 6.22. The fraction of sp³-hybridized carbons (Fsp3) is 0.158. The van der Waals surface area contributed by atoms with Gasteiger partial charge in [0.05, 0.1) is 0 Å². The van der Waals surface area contributed by atoms with Gasteiger partial charge in [0, 0.05) is 23.5 Å². The van der Waals surface area contributed by atoms with E-state index in [2.05, 4.69) is 15.4 Å². The summed E-state index contributed by atoms with van der Waals surface area (Å²) in [6, 6.07) is 13.2. The number of hydrogen-bond acceptors (Lipinski definition) is 6. The lowest BCUT2D eigenvalue weighted by Crippen LogP contribution is -2.28. The highest BCUT2D eigenvalue weighted by Gasteiger charge is 2.34. The molecular weight excluding hydrogens is 412 g/mol. The van der Waals surface area contributed by atoms with Gasteiger partial charge in [-0.15, -0.1) is 0 Å². The summed E-state index contributed by atoms with van der Waals surface area (Å²) >= 11 is 4.88. The van der Waals surface area contributed by atoms with Gasteiger partial charge in [0.2, 0.25) is 0 Å². The maximum absolute atomic E-state index is 12.0. The van der Waals surface area contributed by atoms with Crippen molar-refractivity contribution in [2.45, 2.75) is 12.8 Å². The van der Waals surface area contributed by atoms with E-state index in [0.717, 1.165) is 5.56 Å². The van der Waals surface area contributed by atoms with Crippen molar-refractivity contribution in [2.75, 3.05) is 16.8 Å². The van der Waals surface area contributed by atoms with Crippen LogP contribution in [0.1, 0.15) is 11.1 Å². The summed E-state index contributed by atoms with van der Waals surface area (Å²) in [6.07, 6.45) is -3.39. The molecule has 11 heteroatoms. The third kappa shape index (κ3) is 5.35. The van der Waals surface area contributed by atoms with Gasteiger partial charge >= 0.3 is 18.3 Å². The molecule has 1 unspecified atom stereocenters. The number of thiocarbonyl (C=S) groups is 1. The zero-order chi connectivity index (χ0) is 21.7. The van der Waals surface area contributed by atoms with Crippen LogP contribution < -0.4 is 21.3 Å². The topological polar surface area (TPSA) is 143 Å². The van der Waals surface area contributed by atoms with Gasteiger partial charge in [-0.25, -0.2) is 14.4 Å². The predicted molar refractivity (Wildman–Crippen MR) is 111 cm³/mol. The Kier molecular flexibility index (Phi) is 6.32. The van der Waals surface area contributed by atoms with Gasteiger partial charge in [-0.1, -0.05) is 24.4 Å². The average Bonchev–Trinajstić information content (AvgIpc) is 3.06. The molecule has 1 aliphatic rings. The molecule has 10 nitrogen and oxygen atoms in total.